The van der Waals surface area contributed by atoms with Crippen molar-refractivity contribution in [3.05, 3.63) is 24.2 Å². The lowest BCUT2D eigenvalue weighted by Gasteiger charge is -2.12. The van der Waals surface area contributed by atoms with Gasteiger partial charge in [0.15, 0.2) is 6.10 Å². The molecule has 12 heteroatoms. The first-order valence-electron chi connectivity index (χ1n) is 7.09. The second-order valence-corrected chi connectivity index (χ2v) is 6.90. The van der Waals surface area contributed by atoms with Crippen molar-refractivity contribution in [1.29, 1.82) is 0 Å². The van der Waals surface area contributed by atoms with E-state index in [2.05, 4.69) is 20.3 Å². The van der Waals surface area contributed by atoms with Crippen LogP contribution in [0.3, 0.4) is 0 Å². The molecule has 0 radical (unpaired) electrons. The minimum absolute atomic E-state index is 0.0886. The Bertz CT molecular complexity index is 871. The van der Waals surface area contributed by atoms with Gasteiger partial charge in [-0.05, 0) is 13.8 Å². The van der Waals surface area contributed by atoms with Gasteiger partial charge in [0.1, 0.15) is 11.4 Å². The van der Waals surface area contributed by atoms with Crippen LogP contribution in [0, 0.1) is 6.92 Å². The highest BCUT2D eigenvalue weighted by Gasteiger charge is 2.22. The molecule has 25 heavy (non-hydrogen) atoms. The molecular weight excluding hydrogens is 354 g/mol. The first kappa shape index (κ1) is 18.6. The maximum absolute atomic E-state index is 11.9. The van der Waals surface area contributed by atoms with E-state index in [1.807, 2.05) is 0 Å². The molecule has 0 spiro atoms. The number of nitrogens with one attached hydrogen (secondary N) is 2. The van der Waals surface area contributed by atoms with Gasteiger partial charge >= 0.3 is 5.97 Å². The largest absolute Gasteiger partial charge is 0.452 e. The fourth-order valence-electron chi connectivity index (χ4n) is 1.71. The Balaban J connectivity index is 1.83. The fraction of sp³-hybridized carbons (Fsp3) is 0.385. The van der Waals surface area contributed by atoms with Crippen molar-refractivity contribution >= 4 is 27.8 Å². The number of carbonyl (C=O) groups is 2. The van der Waals surface area contributed by atoms with E-state index in [-0.39, 0.29) is 10.8 Å². The molecule has 11 nitrogen and oxygen atoms in total. The van der Waals surface area contributed by atoms with Crippen LogP contribution in [0.15, 0.2) is 27.9 Å². The number of aromatic nitrogens is 3. The molecule has 2 heterocycles. The molecule has 1 unspecified atom stereocenters. The molecule has 2 N–H and O–H groups in total. The Hall–Kier alpha value is -2.73. The zero-order chi connectivity index (χ0) is 18.6. The van der Waals surface area contributed by atoms with Gasteiger partial charge in [-0.15, -0.1) is 0 Å². The van der Waals surface area contributed by atoms with E-state index in [9.17, 15) is 18.0 Å². The summed E-state index contributed by atoms with van der Waals surface area (Å²) in [7, 11) is -2.34. The van der Waals surface area contributed by atoms with Crippen LogP contribution in [0.4, 0.5) is 5.88 Å². The van der Waals surface area contributed by atoms with Crippen molar-refractivity contribution in [2.45, 2.75) is 24.8 Å². The molecule has 0 aliphatic carbocycles. The SMILES string of the molecule is Cc1cc(NC(=O)C(C)OC(=O)CNS(=O)(=O)c2cnn(C)c2)on1. The number of anilines is 1. The van der Waals surface area contributed by atoms with Gasteiger partial charge in [-0.25, -0.2) is 8.42 Å². The Morgan fingerprint density at radius 3 is 2.72 bits per heavy atom. The normalized spacial score (nSPS) is 12.6. The predicted molar refractivity (Wildman–Crippen MR) is 83.8 cm³/mol. The maximum Gasteiger partial charge on any atom is 0.321 e. The molecular formula is C13H17N5O6S. The van der Waals surface area contributed by atoms with E-state index < -0.39 is 34.5 Å². The molecule has 2 rings (SSSR count). The lowest BCUT2D eigenvalue weighted by molar-refractivity contribution is -0.151. The van der Waals surface area contributed by atoms with Crippen molar-refractivity contribution < 1.29 is 27.3 Å². The summed E-state index contributed by atoms with van der Waals surface area (Å²) in [5.74, 6) is -1.44. The van der Waals surface area contributed by atoms with Gasteiger partial charge in [0.25, 0.3) is 5.91 Å². The number of sulfonamides is 1. The van der Waals surface area contributed by atoms with Gasteiger partial charge in [-0.2, -0.15) is 9.82 Å². The van der Waals surface area contributed by atoms with Gasteiger partial charge in [0, 0.05) is 19.3 Å². The van der Waals surface area contributed by atoms with Crippen LogP contribution in [0.2, 0.25) is 0 Å². The number of amides is 1. The minimum Gasteiger partial charge on any atom is -0.452 e. The third-order valence-corrected chi connectivity index (χ3v) is 4.31. The highest BCUT2D eigenvalue weighted by molar-refractivity contribution is 7.89. The number of hydrogen-bond acceptors (Lipinski definition) is 8. The van der Waals surface area contributed by atoms with E-state index in [1.54, 1.807) is 14.0 Å². The zero-order valence-corrected chi connectivity index (χ0v) is 14.5. The summed E-state index contributed by atoms with van der Waals surface area (Å²) >= 11 is 0. The Kier molecular flexibility index (Phi) is 5.54. The minimum atomic E-state index is -3.89. The number of aryl methyl sites for hydroxylation is 2. The topological polar surface area (TPSA) is 145 Å². The fourth-order valence-corrected chi connectivity index (χ4v) is 2.66. The number of carbonyl (C=O) groups excluding carboxylic acids is 2. The lowest BCUT2D eigenvalue weighted by Crippen LogP contribution is -2.35. The third kappa shape index (κ3) is 5.12. The molecule has 0 saturated carbocycles. The van der Waals surface area contributed by atoms with Crippen molar-refractivity contribution in [3.63, 3.8) is 0 Å². The molecule has 1 amide bonds. The van der Waals surface area contributed by atoms with Crippen molar-refractivity contribution in [2.75, 3.05) is 11.9 Å². The van der Waals surface area contributed by atoms with E-state index in [1.165, 1.54) is 23.9 Å². The molecule has 1 atom stereocenters. The Morgan fingerprint density at radius 1 is 1.44 bits per heavy atom. The number of rotatable bonds is 7. The summed E-state index contributed by atoms with van der Waals surface area (Å²) in [5, 5.41) is 9.71. The molecule has 2 aromatic heterocycles. The molecule has 0 aromatic carbocycles. The molecule has 136 valence electrons. The summed E-state index contributed by atoms with van der Waals surface area (Å²) in [5.41, 5.74) is 0.574. The highest BCUT2D eigenvalue weighted by atomic mass is 32.2. The van der Waals surface area contributed by atoms with Crippen LogP contribution >= 0.6 is 0 Å². The van der Waals surface area contributed by atoms with Crippen molar-refractivity contribution in [2.24, 2.45) is 7.05 Å². The first-order chi connectivity index (χ1) is 11.7. The van der Waals surface area contributed by atoms with Gasteiger partial charge < -0.3 is 9.26 Å². The zero-order valence-electron chi connectivity index (χ0n) is 13.7. The first-order valence-corrected chi connectivity index (χ1v) is 8.57. The number of nitrogens with zero attached hydrogens (tertiary/aromatic N) is 3. The third-order valence-electron chi connectivity index (χ3n) is 2.95. The quantitative estimate of drug-likeness (QED) is 0.623. The second kappa shape index (κ2) is 7.44. The van der Waals surface area contributed by atoms with Gasteiger partial charge in [0.05, 0.1) is 11.9 Å². The van der Waals surface area contributed by atoms with Crippen LogP contribution in [0.1, 0.15) is 12.6 Å². The molecule has 0 saturated heterocycles. The Labute approximate surface area is 143 Å². The van der Waals surface area contributed by atoms with E-state index in [0.717, 1.165) is 6.20 Å². The van der Waals surface area contributed by atoms with E-state index in [0.29, 0.717) is 5.69 Å². The lowest BCUT2D eigenvalue weighted by atomic mass is 10.3. The second-order valence-electron chi connectivity index (χ2n) is 5.13. The predicted octanol–water partition coefficient (Wildman–Crippen LogP) is -0.435. The van der Waals surface area contributed by atoms with E-state index in [4.69, 9.17) is 9.26 Å². The van der Waals surface area contributed by atoms with E-state index >= 15 is 0 Å². The van der Waals surface area contributed by atoms with Gasteiger partial charge in [-0.1, -0.05) is 5.16 Å². The molecule has 0 aliphatic rings. The summed E-state index contributed by atoms with van der Waals surface area (Å²) in [4.78, 5) is 23.5. The summed E-state index contributed by atoms with van der Waals surface area (Å²) in [6.07, 6.45) is 1.27. The van der Waals surface area contributed by atoms with Crippen LogP contribution in [0.25, 0.3) is 0 Å². The van der Waals surface area contributed by atoms with Crippen molar-refractivity contribution in [3.8, 4) is 0 Å². The molecule has 0 fully saturated rings. The summed E-state index contributed by atoms with van der Waals surface area (Å²) in [6, 6.07) is 1.49. The summed E-state index contributed by atoms with van der Waals surface area (Å²) < 4.78 is 36.9. The van der Waals surface area contributed by atoms with Crippen LogP contribution in [-0.4, -0.2) is 47.9 Å². The average Bonchev–Trinajstić information content (AvgIpc) is 3.14. The van der Waals surface area contributed by atoms with Crippen LogP contribution in [0.5, 0.6) is 0 Å². The summed E-state index contributed by atoms with van der Waals surface area (Å²) in [6.45, 7) is 2.39. The smallest absolute Gasteiger partial charge is 0.321 e. The van der Waals surface area contributed by atoms with Gasteiger partial charge in [-0.3, -0.25) is 19.6 Å². The maximum atomic E-state index is 11.9. The van der Waals surface area contributed by atoms with Crippen LogP contribution < -0.4 is 10.0 Å². The van der Waals surface area contributed by atoms with Gasteiger partial charge in [0.2, 0.25) is 15.9 Å². The highest BCUT2D eigenvalue weighted by Crippen LogP contribution is 2.09. The number of ether oxygens (including phenoxy) is 1. The molecule has 0 aliphatic heterocycles. The number of esters is 1. The average molecular weight is 371 g/mol. The molecule has 2 aromatic rings. The van der Waals surface area contributed by atoms with Crippen molar-refractivity contribution in [1.82, 2.24) is 19.7 Å². The Morgan fingerprint density at radius 2 is 2.16 bits per heavy atom. The monoisotopic (exact) mass is 371 g/mol. The number of hydrogen-bond donors (Lipinski definition) is 2. The standard InChI is InChI=1S/C13H17N5O6S/c1-8-4-11(24-17-8)16-13(20)9(2)23-12(19)6-15-25(21,22)10-5-14-18(3)7-10/h4-5,7,9,15H,6H2,1-3H3,(H,16,20). The van der Waals surface area contributed by atoms with Crippen LogP contribution in [-0.2, 0) is 31.4 Å². The molecule has 0 bridgehead atoms.